The molecule has 5 nitrogen and oxygen atoms in total. The zero-order valence-electron chi connectivity index (χ0n) is 12.8. The van der Waals surface area contributed by atoms with E-state index in [1.54, 1.807) is 43.3 Å². The molecule has 0 aliphatic rings. The van der Waals surface area contributed by atoms with E-state index in [2.05, 4.69) is 10.0 Å². The lowest BCUT2D eigenvalue weighted by atomic mass is 10.1. The van der Waals surface area contributed by atoms with Gasteiger partial charge in [0.15, 0.2) is 0 Å². The molecule has 0 heterocycles. The monoisotopic (exact) mass is 352 g/mol. The zero-order valence-corrected chi connectivity index (χ0v) is 14.3. The molecule has 7 heteroatoms. The molecule has 0 fully saturated rings. The number of anilines is 1. The van der Waals surface area contributed by atoms with Gasteiger partial charge in [-0.1, -0.05) is 35.9 Å². The molecule has 1 amide bonds. The number of hydrogen-bond donors (Lipinski definition) is 2. The Bertz CT molecular complexity index is 835. The molecule has 0 saturated carbocycles. The van der Waals surface area contributed by atoms with Crippen molar-refractivity contribution in [2.24, 2.45) is 0 Å². The third kappa shape index (κ3) is 4.31. The Hall–Kier alpha value is -1.89. The topological polar surface area (TPSA) is 75.3 Å². The average Bonchev–Trinajstić information content (AvgIpc) is 2.51. The quantitative estimate of drug-likeness (QED) is 0.868. The number of carbonyl (C=O) groups is 1. The lowest BCUT2D eigenvalue weighted by molar-refractivity contribution is -0.115. The van der Waals surface area contributed by atoms with Gasteiger partial charge in [0.1, 0.15) is 0 Å². The molecule has 0 spiro atoms. The molecule has 122 valence electrons. The molecule has 0 aliphatic heterocycles. The van der Waals surface area contributed by atoms with Crippen LogP contribution in [0.5, 0.6) is 0 Å². The molecule has 2 rings (SSSR count). The van der Waals surface area contributed by atoms with Crippen LogP contribution in [0, 0.1) is 6.92 Å². The number of amides is 1. The van der Waals surface area contributed by atoms with E-state index in [-0.39, 0.29) is 17.2 Å². The number of rotatable bonds is 5. The summed E-state index contributed by atoms with van der Waals surface area (Å²) in [5, 5.41) is 3.21. The van der Waals surface area contributed by atoms with Crippen molar-refractivity contribution in [1.82, 2.24) is 4.72 Å². The Morgan fingerprint density at radius 2 is 1.87 bits per heavy atom. The molecule has 0 radical (unpaired) electrons. The van der Waals surface area contributed by atoms with Gasteiger partial charge in [-0.2, -0.15) is 0 Å². The van der Waals surface area contributed by atoms with Crippen LogP contribution in [0.15, 0.2) is 47.4 Å². The van der Waals surface area contributed by atoms with Gasteiger partial charge in [-0.3, -0.25) is 4.79 Å². The van der Waals surface area contributed by atoms with Crippen molar-refractivity contribution in [3.8, 4) is 0 Å². The van der Waals surface area contributed by atoms with Crippen molar-refractivity contribution in [1.29, 1.82) is 0 Å². The summed E-state index contributed by atoms with van der Waals surface area (Å²) in [6.07, 6.45) is 0.113. The molecule has 0 atom stereocenters. The summed E-state index contributed by atoms with van der Waals surface area (Å²) in [6, 6.07) is 11.8. The predicted molar refractivity (Wildman–Crippen MR) is 91.2 cm³/mol. The number of nitrogens with one attached hydrogen (secondary N) is 2. The van der Waals surface area contributed by atoms with Crippen LogP contribution in [0.1, 0.15) is 11.1 Å². The standard InChI is InChI=1S/C16H17ClN2O3S/c1-11-7-8-13(10-15(11)23(21,22)18-2)19-16(20)9-12-5-3-4-6-14(12)17/h3-8,10,18H,9H2,1-2H3,(H,19,20). The SMILES string of the molecule is CNS(=O)(=O)c1cc(NC(=O)Cc2ccccc2Cl)ccc1C. The van der Waals surface area contributed by atoms with Gasteiger partial charge in [-0.25, -0.2) is 13.1 Å². The Morgan fingerprint density at radius 1 is 1.17 bits per heavy atom. The highest BCUT2D eigenvalue weighted by molar-refractivity contribution is 7.89. The number of sulfonamides is 1. The van der Waals surface area contributed by atoms with Gasteiger partial charge in [0.05, 0.1) is 11.3 Å². The highest BCUT2D eigenvalue weighted by Gasteiger charge is 2.16. The summed E-state index contributed by atoms with van der Waals surface area (Å²) < 4.78 is 26.2. The number of benzene rings is 2. The van der Waals surface area contributed by atoms with Gasteiger partial charge in [0.25, 0.3) is 0 Å². The van der Waals surface area contributed by atoms with Crippen molar-refractivity contribution in [2.45, 2.75) is 18.2 Å². The first-order valence-corrected chi connectivity index (χ1v) is 8.77. The molecule has 0 bridgehead atoms. The predicted octanol–water partition coefficient (Wildman–Crippen LogP) is 2.74. The molecule has 0 aliphatic carbocycles. The molecular weight excluding hydrogens is 336 g/mol. The Balaban J connectivity index is 2.19. The minimum absolute atomic E-state index is 0.113. The highest BCUT2D eigenvalue weighted by Crippen LogP contribution is 2.21. The van der Waals surface area contributed by atoms with Crippen molar-refractivity contribution in [2.75, 3.05) is 12.4 Å². The number of hydrogen-bond acceptors (Lipinski definition) is 3. The first-order chi connectivity index (χ1) is 10.8. The second-order valence-corrected chi connectivity index (χ2v) is 7.27. The maximum atomic E-state index is 12.1. The Morgan fingerprint density at radius 3 is 2.52 bits per heavy atom. The van der Waals surface area contributed by atoms with E-state index in [1.165, 1.54) is 13.1 Å². The lowest BCUT2D eigenvalue weighted by Crippen LogP contribution is -2.20. The molecular formula is C16H17ClN2O3S. The summed E-state index contributed by atoms with van der Waals surface area (Å²) >= 11 is 6.03. The van der Waals surface area contributed by atoms with Crippen LogP contribution in [0.3, 0.4) is 0 Å². The molecule has 0 saturated heterocycles. The minimum atomic E-state index is -3.58. The Labute approximate surface area is 140 Å². The van der Waals surface area contributed by atoms with Gasteiger partial charge in [-0.15, -0.1) is 0 Å². The third-order valence-electron chi connectivity index (χ3n) is 3.34. The minimum Gasteiger partial charge on any atom is -0.326 e. The number of carbonyl (C=O) groups excluding carboxylic acids is 1. The van der Waals surface area contributed by atoms with Gasteiger partial charge in [0, 0.05) is 10.7 Å². The second kappa shape index (κ2) is 7.12. The summed E-state index contributed by atoms with van der Waals surface area (Å²) in [7, 11) is -2.23. The average molecular weight is 353 g/mol. The van der Waals surface area contributed by atoms with E-state index >= 15 is 0 Å². The van der Waals surface area contributed by atoms with Gasteiger partial charge >= 0.3 is 0 Å². The maximum absolute atomic E-state index is 12.1. The normalized spacial score (nSPS) is 11.3. The molecule has 0 unspecified atom stereocenters. The van der Waals surface area contributed by atoms with Crippen molar-refractivity contribution >= 4 is 33.2 Å². The summed E-state index contributed by atoms with van der Waals surface area (Å²) in [5.41, 5.74) is 1.73. The Kier molecular flexibility index (Phi) is 5.41. The highest BCUT2D eigenvalue weighted by atomic mass is 35.5. The van der Waals surface area contributed by atoms with Crippen LogP contribution in [-0.4, -0.2) is 21.4 Å². The lowest BCUT2D eigenvalue weighted by Gasteiger charge is -2.11. The summed E-state index contributed by atoms with van der Waals surface area (Å²) in [4.78, 5) is 12.2. The van der Waals surface area contributed by atoms with E-state index in [1.807, 2.05) is 0 Å². The van der Waals surface area contributed by atoms with E-state index in [4.69, 9.17) is 11.6 Å². The maximum Gasteiger partial charge on any atom is 0.240 e. The smallest absolute Gasteiger partial charge is 0.240 e. The van der Waals surface area contributed by atoms with Gasteiger partial charge in [-0.05, 0) is 43.3 Å². The van der Waals surface area contributed by atoms with E-state index in [0.717, 1.165) is 0 Å². The first-order valence-electron chi connectivity index (χ1n) is 6.91. The summed E-state index contributed by atoms with van der Waals surface area (Å²) in [6.45, 7) is 1.69. The molecule has 2 N–H and O–H groups in total. The molecule has 2 aromatic rings. The fraction of sp³-hybridized carbons (Fsp3) is 0.188. The molecule has 2 aromatic carbocycles. The van der Waals surface area contributed by atoms with Crippen molar-refractivity contribution < 1.29 is 13.2 Å². The molecule has 23 heavy (non-hydrogen) atoms. The van der Waals surface area contributed by atoms with Crippen LogP contribution in [0.2, 0.25) is 5.02 Å². The van der Waals surface area contributed by atoms with Gasteiger partial charge < -0.3 is 5.32 Å². The fourth-order valence-electron chi connectivity index (χ4n) is 2.10. The van der Waals surface area contributed by atoms with E-state index < -0.39 is 10.0 Å². The fourth-order valence-corrected chi connectivity index (χ4v) is 3.29. The van der Waals surface area contributed by atoms with Gasteiger partial charge in [0.2, 0.25) is 15.9 Å². The van der Waals surface area contributed by atoms with Crippen LogP contribution in [0.25, 0.3) is 0 Å². The second-order valence-electron chi connectivity index (χ2n) is 5.00. The van der Waals surface area contributed by atoms with E-state index in [9.17, 15) is 13.2 Å². The van der Waals surface area contributed by atoms with Crippen molar-refractivity contribution in [3.05, 3.63) is 58.6 Å². The molecule has 0 aromatic heterocycles. The first kappa shape index (κ1) is 17.5. The van der Waals surface area contributed by atoms with Crippen LogP contribution < -0.4 is 10.0 Å². The third-order valence-corrected chi connectivity index (χ3v) is 5.26. The zero-order chi connectivity index (χ0) is 17.0. The van der Waals surface area contributed by atoms with Crippen molar-refractivity contribution in [3.63, 3.8) is 0 Å². The van der Waals surface area contributed by atoms with E-state index in [0.29, 0.717) is 21.8 Å². The largest absolute Gasteiger partial charge is 0.326 e. The summed E-state index contributed by atoms with van der Waals surface area (Å²) in [5.74, 6) is -0.269. The number of halogens is 1. The van der Waals surface area contributed by atoms with Crippen LogP contribution >= 0.6 is 11.6 Å². The number of aryl methyl sites for hydroxylation is 1. The van der Waals surface area contributed by atoms with Crippen LogP contribution in [0.4, 0.5) is 5.69 Å². The van der Waals surface area contributed by atoms with Crippen LogP contribution in [-0.2, 0) is 21.2 Å².